The highest BCUT2D eigenvalue weighted by molar-refractivity contribution is 7.80. The van der Waals surface area contributed by atoms with Gasteiger partial charge in [0.2, 0.25) is 0 Å². The highest BCUT2D eigenvalue weighted by Crippen LogP contribution is 2.15. The van der Waals surface area contributed by atoms with Crippen LogP contribution in [0.2, 0.25) is 0 Å². The molecule has 0 bridgehead atoms. The molecule has 3 nitrogen and oxygen atoms in total. The first kappa shape index (κ1) is 12.8. The maximum atomic E-state index is 10.4. The van der Waals surface area contributed by atoms with Gasteiger partial charge in [-0.1, -0.05) is 13.8 Å². The third-order valence-corrected chi connectivity index (χ3v) is 2.34. The van der Waals surface area contributed by atoms with Crippen LogP contribution in [0.4, 0.5) is 0 Å². The fraction of sp³-hybridized carbons (Fsp3) is 0.889. The van der Waals surface area contributed by atoms with Gasteiger partial charge in [-0.05, 0) is 25.2 Å². The molecule has 2 unspecified atom stereocenters. The third kappa shape index (κ3) is 6.90. The Morgan fingerprint density at radius 1 is 1.46 bits per heavy atom. The summed E-state index contributed by atoms with van der Waals surface area (Å²) in [6, 6.07) is -0.734. The Kier molecular flexibility index (Phi) is 6.16. The highest BCUT2D eigenvalue weighted by Gasteiger charge is 2.13. The lowest BCUT2D eigenvalue weighted by Crippen LogP contribution is -2.30. The van der Waals surface area contributed by atoms with Gasteiger partial charge in [-0.2, -0.15) is 12.6 Å². The molecule has 0 amide bonds. The smallest absolute Gasteiger partial charge is 0.320 e. The number of hydrogen-bond donors (Lipinski definition) is 3. The quantitative estimate of drug-likeness (QED) is 0.576. The molecule has 78 valence electrons. The minimum Gasteiger partial charge on any atom is -0.480 e. The SMILES string of the molecule is CC(C)CC(S)CCC(N)C(=O)O. The summed E-state index contributed by atoms with van der Waals surface area (Å²) in [6.07, 6.45) is 2.29. The topological polar surface area (TPSA) is 63.3 Å². The van der Waals surface area contributed by atoms with Gasteiger partial charge >= 0.3 is 5.97 Å². The molecule has 0 spiro atoms. The molecule has 3 N–H and O–H groups in total. The molecule has 0 saturated carbocycles. The van der Waals surface area contributed by atoms with E-state index in [0.29, 0.717) is 12.3 Å². The molecule has 0 heterocycles. The standard InChI is InChI=1S/C9H19NO2S/c1-6(2)5-7(13)3-4-8(10)9(11)12/h6-8,13H,3-5,10H2,1-2H3,(H,11,12). The van der Waals surface area contributed by atoms with Crippen LogP contribution in [-0.2, 0) is 4.79 Å². The average Bonchev–Trinajstić information content (AvgIpc) is 1.98. The Morgan fingerprint density at radius 2 is 2.00 bits per heavy atom. The van der Waals surface area contributed by atoms with Crippen molar-refractivity contribution in [2.24, 2.45) is 11.7 Å². The van der Waals surface area contributed by atoms with Gasteiger partial charge in [0.15, 0.2) is 0 Å². The van der Waals surface area contributed by atoms with Crippen molar-refractivity contribution in [1.29, 1.82) is 0 Å². The molecule has 0 aromatic carbocycles. The van der Waals surface area contributed by atoms with E-state index in [0.717, 1.165) is 12.8 Å². The van der Waals surface area contributed by atoms with Crippen LogP contribution in [-0.4, -0.2) is 22.4 Å². The van der Waals surface area contributed by atoms with Gasteiger partial charge in [0.05, 0.1) is 0 Å². The van der Waals surface area contributed by atoms with Gasteiger partial charge in [-0.3, -0.25) is 4.79 Å². The molecular weight excluding hydrogens is 186 g/mol. The van der Waals surface area contributed by atoms with Crippen LogP contribution in [0.15, 0.2) is 0 Å². The molecule has 0 aliphatic rings. The molecule has 0 aliphatic heterocycles. The summed E-state index contributed by atoms with van der Waals surface area (Å²) in [6.45, 7) is 4.25. The second kappa shape index (κ2) is 6.27. The molecule has 2 atom stereocenters. The summed E-state index contributed by atoms with van der Waals surface area (Å²) < 4.78 is 0. The van der Waals surface area contributed by atoms with E-state index >= 15 is 0 Å². The van der Waals surface area contributed by atoms with Gasteiger partial charge in [0.25, 0.3) is 0 Å². The molecule has 0 aromatic rings. The largest absolute Gasteiger partial charge is 0.480 e. The normalized spacial score (nSPS) is 15.8. The zero-order chi connectivity index (χ0) is 10.4. The molecule has 0 saturated heterocycles. The summed E-state index contributed by atoms with van der Waals surface area (Å²) in [4.78, 5) is 10.4. The van der Waals surface area contributed by atoms with Crippen molar-refractivity contribution in [3.8, 4) is 0 Å². The minimum absolute atomic E-state index is 0.269. The third-order valence-electron chi connectivity index (χ3n) is 1.87. The van der Waals surface area contributed by atoms with Gasteiger partial charge in [-0.15, -0.1) is 0 Å². The monoisotopic (exact) mass is 205 g/mol. The molecule has 0 radical (unpaired) electrons. The van der Waals surface area contributed by atoms with E-state index in [4.69, 9.17) is 10.8 Å². The van der Waals surface area contributed by atoms with Gasteiger partial charge < -0.3 is 10.8 Å². The maximum absolute atomic E-state index is 10.4. The van der Waals surface area contributed by atoms with Crippen LogP contribution >= 0.6 is 12.6 Å². The lowest BCUT2D eigenvalue weighted by molar-refractivity contribution is -0.138. The number of thiol groups is 1. The van der Waals surface area contributed by atoms with E-state index in [-0.39, 0.29) is 5.25 Å². The Labute approximate surface area is 85.1 Å². The molecule has 0 aromatic heterocycles. The fourth-order valence-corrected chi connectivity index (χ4v) is 1.73. The maximum Gasteiger partial charge on any atom is 0.320 e. The predicted molar refractivity (Wildman–Crippen MR) is 57.1 cm³/mol. The summed E-state index contributed by atoms with van der Waals surface area (Å²) in [5, 5.41) is 8.80. The Bertz CT molecular complexity index is 162. The van der Waals surface area contributed by atoms with Crippen LogP contribution in [0.5, 0.6) is 0 Å². The first-order chi connectivity index (χ1) is 5.93. The van der Waals surface area contributed by atoms with E-state index in [9.17, 15) is 4.79 Å². The number of rotatable bonds is 6. The Hall–Kier alpha value is -0.220. The number of carboxylic acid groups (broad SMARTS) is 1. The first-order valence-electron chi connectivity index (χ1n) is 4.60. The van der Waals surface area contributed by atoms with Gasteiger partial charge in [0, 0.05) is 5.25 Å². The first-order valence-corrected chi connectivity index (χ1v) is 5.11. The van der Waals surface area contributed by atoms with E-state index in [1.165, 1.54) is 0 Å². The minimum atomic E-state index is -0.926. The van der Waals surface area contributed by atoms with Crippen LogP contribution in [0.1, 0.15) is 33.1 Å². The Morgan fingerprint density at radius 3 is 2.38 bits per heavy atom. The molecular formula is C9H19NO2S. The van der Waals surface area contributed by atoms with E-state index in [1.807, 2.05) is 0 Å². The number of nitrogens with two attached hydrogens (primary N) is 1. The number of hydrogen-bond acceptors (Lipinski definition) is 3. The number of aliphatic carboxylic acids is 1. The van der Waals surface area contributed by atoms with Crippen molar-refractivity contribution in [2.45, 2.75) is 44.4 Å². The van der Waals surface area contributed by atoms with E-state index in [2.05, 4.69) is 26.5 Å². The van der Waals surface area contributed by atoms with Crippen molar-refractivity contribution in [2.75, 3.05) is 0 Å². The van der Waals surface area contributed by atoms with Crippen LogP contribution < -0.4 is 5.73 Å². The summed E-state index contributed by atoms with van der Waals surface area (Å²) in [5.41, 5.74) is 5.36. The van der Waals surface area contributed by atoms with Gasteiger partial charge in [0.1, 0.15) is 6.04 Å². The molecule has 0 rings (SSSR count). The second-order valence-corrected chi connectivity index (χ2v) is 4.54. The zero-order valence-electron chi connectivity index (χ0n) is 8.23. The highest BCUT2D eigenvalue weighted by atomic mass is 32.1. The summed E-state index contributed by atoms with van der Waals surface area (Å²) in [5.74, 6) is -0.325. The van der Waals surface area contributed by atoms with Crippen molar-refractivity contribution in [3.05, 3.63) is 0 Å². The fourth-order valence-electron chi connectivity index (χ4n) is 1.16. The van der Waals surface area contributed by atoms with Crippen LogP contribution in [0.25, 0.3) is 0 Å². The lowest BCUT2D eigenvalue weighted by atomic mass is 10.0. The van der Waals surface area contributed by atoms with Crippen molar-refractivity contribution in [1.82, 2.24) is 0 Å². The average molecular weight is 205 g/mol. The van der Waals surface area contributed by atoms with E-state index < -0.39 is 12.0 Å². The van der Waals surface area contributed by atoms with Crippen molar-refractivity contribution >= 4 is 18.6 Å². The number of carbonyl (C=O) groups is 1. The zero-order valence-corrected chi connectivity index (χ0v) is 9.13. The number of carboxylic acids is 1. The molecule has 0 aliphatic carbocycles. The Balaban J connectivity index is 3.57. The van der Waals surface area contributed by atoms with Crippen molar-refractivity contribution in [3.63, 3.8) is 0 Å². The van der Waals surface area contributed by atoms with Gasteiger partial charge in [-0.25, -0.2) is 0 Å². The van der Waals surface area contributed by atoms with Crippen LogP contribution in [0.3, 0.4) is 0 Å². The summed E-state index contributed by atoms with van der Waals surface area (Å²) in [7, 11) is 0. The molecule has 13 heavy (non-hydrogen) atoms. The predicted octanol–water partition coefficient (Wildman–Crippen LogP) is 1.52. The second-order valence-electron chi connectivity index (χ2n) is 3.81. The summed E-state index contributed by atoms with van der Waals surface area (Å²) >= 11 is 4.36. The van der Waals surface area contributed by atoms with Crippen LogP contribution in [0, 0.1) is 5.92 Å². The molecule has 0 fully saturated rings. The van der Waals surface area contributed by atoms with E-state index in [1.54, 1.807) is 0 Å². The lowest BCUT2D eigenvalue weighted by Gasteiger charge is -2.14. The molecule has 4 heteroatoms. The van der Waals surface area contributed by atoms with Crippen molar-refractivity contribution < 1.29 is 9.90 Å².